The van der Waals surface area contributed by atoms with E-state index in [0.717, 1.165) is 32.8 Å². The largest absolute Gasteiger partial charge is 0.380 e. The van der Waals surface area contributed by atoms with Crippen molar-refractivity contribution in [2.24, 2.45) is 5.92 Å². The Labute approximate surface area is 87.2 Å². The first-order chi connectivity index (χ1) is 6.79. The maximum Gasteiger partial charge on any atom is 0.0623 e. The summed E-state index contributed by atoms with van der Waals surface area (Å²) in [6, 6.07) is 0.456. The van der Waals surface area contributed by atoms with Gasteiger partial charge in [-0.25, -0.2) is 0 Å². The van der Waals surface area contributed by atoms with Crippen LogP contribution in [0.15, 0.2) is 0 Å². The molecule has 0 aromatic carbocycles. The minimum Gasteiger partial charge on any atom is -0.380 e. The van der Waals surface area contributed by atoms with Gasteiger partial charge in [-0.1, -0.05) is 6.92 Å². The predicted molar refractivity (Wildman–Crippen MR) is 57.5 cm³/mol. The van der Waals surface area contributed by atoms with Crippen molar-refractivity contribution >= 4 is 0 Å². The Morgan fingerprint density at radius 3 is 2.79 bits per heavy atom. The second kappa shape index (κ2) is 6.38. The summed E-state index contributed by atoms with van der Waals surface area (Å²) in [4.78, 5) is 0. The average molecular weight is 201 g/mol. The molecule has 0 aromatic heterocycles. The Morgan fingerprint density at radius 1 is 1.50 bits per heavy atom. The number of hydrogen-bond donors (Lipinski definition) is 1. The molecule has 0 bridgehead atoms. The Hall–Kier alpha value is -0.120. The maximum atomic E-state index is 5.58. The zero-order valence-electron chi connectivity index (χ0n) is 9.58. The molecule has 0 aliphatic carbocycles. The van der Waals surface area contributed by atoms with Crippen LogP contribution in [0.1, 0.15) is 27.2 Å². The van der Waals surface area contributed by atoms with E-state index in [1.54, 1.807) is 0 Å². The van der Waals surface area contributed by atoms with E-state index in [0.29, 0.717) is 18.1 Å². The molecule has 1 N–H and O–H groups in total. The molecule has 1 aliphatic rings. The van der Waals surface area contributed by atoms with Crippen LogP contribution in [0.3, 0.4) is 0 Å². The van der Waals surface area contributed by atoms with Gasteiger partial charge in [-0.3, -0.25) is 0 Å². The lowest BCUT2D eigenvalue weighted by atomic mass is 9.94. The molecular formula is C11H23NO2. The standard InChI is InChI=1S/C11H23NO2/c1-4-12-11(8-13-5-2)10-6-7-14-9(10)3/h9-12H,4-8H2,1-3H3. The number of ether oxygens (including phenoxy) is 2. The van der Waals surface area contributed by atoms with Crippen LogP contribution in [0.4, 0.5) is 0 Å². The van der Waals surface area contributed by atoms with Crippen molar-refractivity contribution in [1.29, 1.82) is 0 Å². The van der Waals surface area contributed by atoms with Crippen LogP contribution in [0.2, 0.25) is 0 Å². The van der Waals surface area contributed by atoms with Gasteiger partial charge in [0.05, 0.1) is 12.7 Å². The summed E-state index contributed by atoms with van der Waals surface area (Å²) in [7, 11) is 0. The topological polar surface area (TPSA) is 30.5 Å². The molecular weight excluding hydrogens is 178 g/mol. The van der Waals surface area contributed by atoms with Gasteiger partial charge in [0.25, 0.3) is 0 Å². The van der Waals surface area contributed by atoms with Crippen LogP contribution >= 0.6 is 0 Å². The molecule has 3 unspecified atom stereocenters. The number of nitrogens with one attached hydrogen (secondary N) is 1. The summed E-state index contributed by atoms with van der Waals surface area (Å²) >= 11 is 0. The van der Waals surface area contributed by atoms with E-state index in [9.17, 15) is 0 Å². The second-order valence-electron chi connectivity index (χ2n) is 3.85. The molecule has 0 spiro atoms. The van der Waals surface area contributed by atoms with Gasteiger partial charge in [0.2, 0.25) is 0 Å². The van der Waals surface area contributed by atoms with Crippen molar-refractivity contribution in [2.45, 2.75) is 39.3 Å². The molecule has 1 saturated heterocycles. The highest BCUT2D eigenvalue weighted by Gasteiger charge is 2.31. The summed E-state index contributed by atoms with van der Waals surface area (Å²) < 4.78 is 11.1. The summed E-state index contributed by atoms with van der Waals surface area (Å²) in [5, 5.41) is 3.48. The quantitative estimate of drug-likeness (QED) is 0.705. The molecule has 1 aliphatic heterocycles. The average Bonchev–Trinajstić information content (AvgIpc) is 2.59. The van der Waals surface area contributed by atoms with Gasteiger partial charge in [-0.2, -0.15) is 0 Å². The molecule has 1 fully saturated rings. The first kappa shape index (κ1) is 12.0. The molecule has 1 rings (SSSR count). The van der Waals surface area contributed by atoms with Gasteiger partial charge in [0.15, 0.2) is 0 Å². The zero-order chi connectivity index (χ0) is 10.4. The SMILES string of the molecule is CCNC(COCC)C1CCOC1C. The van der Waals surface area contributed by atoms with E-state index in [2.05, 4.69) is 19.2 Å². The molecule has 84 valence electrons. The van der Waals surface area contributed by atoms with Crippen molar-refractivity contribution < 1.29 is 9.47 Å². The number of rotatable bonds is 6. The van der Waals surface area contributed by atoms with Crippen molar-refractivity contribution in [1.82, 2.24) is 5.32 Å². The van der Waals surface area contributed by atoms with Crippen molar-refractivity contribution in [3.05, 3.63) is 0 Å². The van der Waals surface area contributed by atoms with E-state index in [4.69, 9.17) is 9.47 Å². The van der Waals surface area contributed by atoms with Crippen LogP contribution in [0.25, 0.3) is 0 Å². The Bertz CT molecular complexity index is 152. The lowest BCUT2D eigenvalue weighted by Gasteiger charge is -2.26. The minimum absolute atomic E-state index is 0.375. The van der Waals surface area contributed by atoms with Crippen LogP contribution in [-0.4, -0.2) is 38.5 Å². The molecule has 3 heteroatoms. The molecule has 0 saturated carbocycles. The third-order valence-electron chi connectivity index (χ3n) is 2.92. The van der Waals surface area contributed by atoms with E-state index in [-0.39, 0.29) is 0 Å². The van der Waals surface area contributed by atoms with Crippen LogP contribution < -0.4 is 5.32 Å². The van der Waals surface area contributed by atoms with Gasteiger partial charge < -0.3 is 14.8 Å². The van der Waals surface area contributed by atoms with Crippen LogP contribution in [0.5, 0.6) is 0 Å². The highest BCUT2D eigenvalue weighted by atomic mass is 16.5. The first-order valence-corrected chi connectivity index (χ1v) is 5.72. The van der Waals surface area contributed by atoms with E-state index >= 15 is 0 Å². The molecule has 3 nitrogen and oxygen atoms in total. The van der Waals surface area contributed by atoms with Gasteiger partial charge in [-0.05, 0) is 26.8 Å². The van der Waals surface area contributed by atoms with Crippen LogP contribution in [0, 0.1) is 5.92 Å². The van der Waals surface area contributed by atoms with E-state index in [1.807, 2.05) is 6.92 Å². The monoisotopic (exact) mass is 201 g/mol. The van der Waals surface area contributed by atoms with E-state index in [1.165, 1.54) is 0 Å². The zero-order valence-corrected chi connectivity index (χ0v) is 9.58. The Balaban J connectivity index is 2.39. The van der Waals surface area contributed by atoms with Crippen molar-refractivity contribution in [3.8, 4) is 0 Å². The van der Waals surface area contributed by atoms with Gasteiger partial charge in [0, 0.05) is 25.2 Å². The summed E-state index contributed by atoms with van der Waals surface area (Å²) in [6.45, 7) is 9.85. The van der Waals surface area contributed by atoms with E-state index < -0.39 is 0 Å². The van der Waals surface area contributed by atoms with Gasteiger partial charge >= 0.3 is 0 Å². The third-order valence-corrected chi connectivity index (χ3v) is 2.92. The molecule has 14 heavy (non-hydrogen) atoms. The summed E-state index contributed by atoms with van der Waals surface area (Å²) in [5.74, 6) is 0.612. The van der Waals surface area contributed by atoms with Crippen LogP contribution in [-0.2, 0) is 9.47 Å². The molecule has 1 heterocycles. The predicted octanol–water partition coefficient (Wildman–Crippen LogP) is 1.43. The molecule has 3 atom stereocenters. The fourth-order valence-corrected chi connectivity index (χ4v) is 2.12. The Kier molecular flexibility index (Phi) is 5.45. The summed E-state index contributed by atoms with van der Waals surface area (Å²) in [5.41, 5.74) is 0. The van der Waals surface area contributed by atoms with Gasteiger partial charge in [-0.15, -0.1) is 0 Å². The normalized spacial score (nSPS) is 29.4. The lowest BCUT2D eigenvalue weighted by Crippen LogP contribution is -2.42. The second-order valence-corrected chi connectivity index (χ2v) is 3.85. The minimum atomic E-state index is 0.375. The lowest BCUT2D eigenvalue weighted by molar-refractivity contribution is 0.0634. The highest BCUT2D eigenvalue weighted by molar-refractivity contribution is 4.84. The van der Waals surface area contributed by atoms with Crippen molar-refractivity contribution in [3.63, 3.8) is 0 Å². The fourth-order valence-electron chi connectivity index (χ4n) is 2.12. The smallest absolute Gasteiger partial charge is 0.0623 e. The molecule has 0 aromatic rings. The number of hydrogen-bond acceptors (Lipinski definition) is 3. The molecule has 0 amide bonds. The van der Waals surface area contributed by atoms with Crippen molar-refractivity contribution in [2.75, 3.05) is 26.4 Å². The maximum absolute atomic E-state index is 5.58. The fraction of sp³-hybridized carbons (Fsp3) is 1.00. The Morgan fingerprint density at radius 2 is 2.29 bits per heavy atom. The molecule has 0 radical (unpaired) electrons. The third kappa shape index (κ3) is 3.23. The first-order valence-electron chi connectivity index (χ1n) is 5.72. The number of likely N-dealkylation sites (N-methyl/N-ethyl adjacent to an activating group) is 1. The van der Waals surface area contributed by atoms with Gasteiger partial charge in [0.1, 0.15) is 0 Å². The summed E-state index contributed by atoms with van der Waals surface area (Å²) in [6.07, 6.45) is 1.53. The highest BCUT2D eigenvalue weighted by Crippen LogP contribution is 2.24.